The average molecular weight is 338 g/mol. The van der Waals surface area contributed by atoms with Crippen molar-refractivity contribution in [3.05, 3.63) is 0 Å². The number of carbonyl (C=O) groups excluding carboxylic acids is 1. The van der Waals surface area contributed by atoms with Crippen LogP contribution in [0, 0.1) is 0 Å². The van der Waals surface area contributed by atoms with Crippen molar-refractivity contribution in [1.82, 2.24) is 0 Å². The van der Waals surface area contributed by atoms with Gasteiger partial charge in [0.1, 0.15) is 18.3 Å². The first-order valence-corrected chi connectivity index (χ1v) is 6.56. The summed E-state index contributed by atoms with van der Waals surface area (Å²) in [6.07, 6.45) is -7.75. The summed E-state index contributed by atoms with van der Waals surface area (Å²) in [5.74, 6) is -4.88. The highest BCUT2D eigenvalue weighted by Gasteiger charge is 2.44. The smallest absolute Gasteiger partial charge is 0.336 e. The minimum atomic E-state index is -2.88. The molecule has 11 nitrogen and oxygen atoms in total. The van der Waals surface area contributed by atoms with Crippen LogP contribution in [-0.2, 0) is 23.9 Å². The fourth-order valence-electron chi connectivity index (χ4n) is 2.07. The zero-order valence-electron chi connectivity index (χ0n) is 11.9. The maximum absolute atomic E-state index is 11.7. The number of aliphatic carboxylic acids is 2. The normalized spacial score (nSPS) is 27.9. The Kier molecular flexibility index (Phi) is 6.41. The summed E-state index contributed by atoms with van der Waals surface area (Å²) >= 11 is 0. The summed E-state index contributed by atoms with van der Waals surface area (Å²) in [7, 11) is 0. The second-order valence-electron chi connectivity index (χ2n) is 5.15. The Labute approximate surface area is 129 Å². The summed E-state index contributed by atoms with van der Waals surface area (Å²) in [6, 6.07) is 0. The lowest BCUT2D eigenvalue weighted by Crippen LogP contribution is -2.46. The highest BCUT2D eigenvalue weighted by atomic mass is 16.6. The molecule has 1 heterocycles. The number of carbonyl (C=O) groups is 3. The molecule has 1 rings (SSSR count). The van der Waals surface area contributed by atoms with Crippen LogP contribution in [0.4, 0.5) is 0 Å². The second-order valence-corrected chi connectivity index (χ2v) is 5.15. The van der Waals surface area contributed by atoms with Gasteiger partial charge in [-0.3, -0.25) is 9.59 Å². The molecule has 132 valence electrons. The van der Waals surface area contributed by atoms with Gasteiger partial charge < -0.3 is 40.1 Å². The van der Waals surface area contributed by atoms with Crippen molar-refractivity contribution >= 4 is 17.9 Å². The van der Waals surface area contributed by atoms with E-state index in [4.69, 9.17) is 24.8 Å². The zero-order chi connectivity index (χ0) is 17.8. The Morgan fingerprint density at radius 3 is 2.22 bits per heavy atom. The topological polar surface area (TPSA) is 191 Å². The molecule has 0 bridgehead atoms. The van der Waals surface area contributed by atoms with E-state index in [0.717, 1.165) is 0 Å². The molecule has 1 unspecified atom stereocenters. The fourth-order valence-corrected chi connectivity index (χ4v) is 2.07. The van der Waals surface area contributed by atoms with Gasteiger partial charge in [-0.2, -0.15) is 0 Å². The molecule has 0 aromatic rings. The van der Waals surface area contributed by atoms with E-state index in [1.165, 1.54) is 0 Å². The standard InChI is InChI=1S/C12H18O11/c13-3-6(10-9(18)5(14)4-22-10)23-8(17)2-12(21,11(19)20)1-7(15)16/h5-6,9-10,13-14,18,21H,1-4H2,(H,15,16)(H,19,20)/t5-,6+,9+,10+,12?/m0/s1. The monoisotopic (exact) mass is 338 g/mol. The minimum absolute atomic E-state index is 0.252. The summed E-state index contributed by atoms with van der Waals surface area (Å²) in [5.41, 5.74) is -2.88. The Bertz CT molecular complexity index is 464. The van der Waals surface area contributed by atoms with Crippen molar-refractivity contribution in [3.8, 4) is 0 Å². The van der Waals surface area contributed by atoms with Gasteiger partial charge in [0.2, 0.25) is 0 Å². The van der Waals surface area contributed by atoms with E-state index in [1.807, 2.05) is 0 Å². The van der Waals surface area contributed by atoms with Gasteiger partial charge in [0.15, 0.2) is 11.7 Å². The Morgan fingerprint density at radius 2 is 1.83 bits per heavy atom. The number of esters is 1. The molecule has 0 aromatic heterocycles. The molecule has 0 aromatic carbocycles. The van der Waals surface area contributed by atoms with E-state index < -0.39 is 67.4 Å². The first-order valence-electron chi connectivity index (χ1n) is 6.56. The number of hydrogen-bond donors (Lipinski definition) is 6. The van der Waals surface area contributed by atoms with Crippen LogP contribution >= 0.6 is 0 Å². The number of ether oxygens (including phenoxy) is 2. The largest absolute Gasteiger partial charge is 0.481 e. The van der Waals surface area contributed by atoms with Crippen LogP contribution in [0.5, 0.6) is 0 Å². The molecule has 0 amide bonds. The molecule has 1 saturated heterocycles. The van der Waals surface area contributed by atoms with Crippen molar-refractivity contribution in [2.45, 2.75) is 42.9 Å². The van der Waals surface area contributed by atoms with Gasteiger partial charge in [0.05, 0.1) is 26.1 Å². The predicted molar refractivity (Wildman–Crippen MR) is 68.2 cm³/mol. The molecule has 0 aliphatic carbocycles. The first kappa shape index (κ1) is 19.3. The van der Waals surface area contributed by atoms with Gasteiger partial charge in [-0.25, -0.2) is 4.79 Å². The molecule has 6 N–H and O–H groups in total. The number of rotatable bonds is 8. The van der Waals surface area contributed by atoms with Crippen LogP contribution in [0.1, 0.15) is 12.8 Å². The molecule has 0 saturated carbocycles. The summed E-state index contributed by atoms with van der Waals surface area (Å²) in [6.45, 7) is -1.05. The van der Waals surface area contributed by atoms with Gasteiger partial charge in [0.25, 0.3) is 0 Å². The van der Waals surface area contributed by atoms with E-state index in [-0.39, 0.29) is 6.61 Å². The van der Waals surface area contributed by atoms with Gasteiger partial charge in [0, 0.05) is 0 Å². The summed E-state index contributed by atoms with van der Waals surface area (Å²) in [5, 5.41) is 55.2. The van der Waals surface area contributed by atoms with Crippen LogP contribution in [0.3, 0.4) is 0 Å². The minimum Gasteiger partial charge on any atom is -0.481 e. The third kappa shape index (κ3) is 4.84. The molecule has 0 radical (unpaired) electrons. The van der Waals surface area contributed by atoms with Crippen molar-refractivity contribution in [3.63, 3.8) is 0 Å². The first-order chi connectivity index (χ1) is 10.6. The van der Waals surface area contributed by atoms with Gasteiger partial charge in [-0.05, 0) is 0 Å². The lowest BCUT2D eigenvalue weighted by molar-refractivity contribution is -0.178. The van der Waals surface area contributed by atoms with E-state index >= 15 is 0 Å². The summed E-state index contributed by atoms with van der Waals surface area (Å²) < 4.78 is 9.69. The van der Waals surface area contributed by atoms with Crippen molar-refractivity contribution < 1.29 is 54.5 Å². The Hall–Kier alpha value is -1.79. The molecule has 11 heteroatoms. The lowest BCUT2D eigenvalue weighted by Gasteiger charge is -2.26. The second kappa shape index (κ2) is 7.66. The SMILES string of the molecule is O=C(O)CC(O)(CC(=O)O[C@H](CO)[C@H]1OC[C@H](O)[C@H]1O)C(=O)O. The Morgan fingerprint density at radius 1 is 1.22 bits per heavy atom. The number of hydrogen-bond acceptors (Lipinski definition) is 9. The average Bonchev–Trinajstić information content (AvgIpc) is 2.75. The molecule has 1 fully saturated rings. The molecular formula is C12H18O11. The van der Waals surface area contributed by atoms with Gasteiger partial charge >= 0.3 is 17.9 Å². The maximum atomic E-state index is 11.7. The van der Waals surface area contributed by atoms with Crippen LogP contribution in [0.25, 0.3) is 0 Å². The predicted octanol–water partition coefficient (Wildman–Crippen LogP) is -3.31. The third-order valence-electron chi connectivity index (χ3n) is 3.30. The molecule has 0 spiro atoms. The van der Waals surface area contributed by atoms with Crippen molar-refractivity contribution in [2.75, 3.05) is 13.2 Å². The number of aliphatic hydroxyl groups is 4. The van der Waals surface area contributed by atoms with Gasteiger partial charge in [-0.1, -0.05) is 0 Å². The van der Waals surface area contributed by atoms with E-state index in [2.05, 4.69) is 0 Å². The Balaban J connectivity index is 2.72. The van der Waals surface area contributed by atoms with Crippen LogP contribution in [0.15, 0.2) is 0 Å². The molecule has 1 aliphatic rings. The molecular weight excluding hydrogens is 320 g/mol. The highest BCUT2D eigenvalue weighted by Crippen LogP contribution is 2.22. The van der Waals surface area contributed by atoms with Crippen LogP contribution in [0.2, 0.25) is 0 Å². The maximum Gasteiger partial charge on any atom is 0.336 e. The van der Waals surface area contributed by atoms with Crippen molar-refractivity contribution in [1.29, 1.82) is 0 Å². The lowest BCUT2D eigenvalue weighted by atomic mass is 9.96. The van der Waals surface area contributed by atoms with Gasteiger partial charge in [-0.15, -0.1) is 0 Å². The number of carboxylic acid groups (broad SMARTS) is 2. The van der Waals surface area contributed by atoms with E-state index in [9.17, 15) is 29.7 Å². The number of aliphatic hydroxyl groups excluding tert-OH is 3. The molecule has 1 aliphatic heterocycles. The molecule has 23 heavy (non-hydrogen) atoms. The fraction of sp³-hybridized carbons (Fsp3) is 0.750. The number of carboxylic acids is 2. The van der Waals surface area contributed by atoms with Crippen LogP contribution < -0.4 is 0 Å². The highest BCUT2D eigenvalue weighted by molar-refractivity contribution is 5.88. The zero-order valence-corrected chi connectivity index (χ0v) is 11.9. The third-order valence-corrected chi connectivity index (χ3v) is 3.30. The molecule has 5 atom stereocenters. The summed E-state index contributed by atoms with van der Waals surface area (Å²) in [4.78, 5) is 33.2. The van der Waals surface area contributed by atoms with Crippen molar-refractivity contribution in [2.24, 2.45) is 0 Å². The van der Waals surface area contributed by atoms with E-state index in [0.29, 0.717) is 0 Å². The van der Waals surface area contributed by atoms with Crippen LogP contribution in [-0.4, -0.2) is 91.8 Å². The van der Waals surface area contributed by atoms with E-state index in [1.54, 1.807) is 0 Å². The quantitative estimate of drug-likeness (QED) is 0.243.